The van der Waals surface area contributed by atoms with Crippen molar-refractivity contribution in [1.29, 1.82) is 0 Å². The van der Waals surface area contributed by atoms with Crippen LogP contribution in [0.25, 0.3) is 0 Å². The van der Waals surface area contributed by atoms with Gasteiger partial charge in [-0.25, -0.2) is 12.8 Å². The summed E-state index contributed by atoms with van der Waals surface area (Å²) in [6.07, 6.45) is 2.90. The molecule has 0 aliphatic carbocycles. The lowest BCUT2D eigenvalue weighted by Crippen LogP contribution is -2.37. The first kappa shape index (κ1) is 23.2. The molecule has 6 nitrogen and oxygen atoms in total. The summed E-state index contributed by atoms with van der Waals surface area (Å²) >= 11 is 1.64. The van der Waals surface area contributed by atoms with Crippen molar-refractivity contribution in [3.63, 3.8) is 0 Å². The average molecular weight is 479 g/mol. The van der Waals surface area contributed by atoms with E-state index in [0.29, 0.717) is 31.6 Å². The minimum atomic E-state index is -3.73. The van der Waals surface area contributed by atoms with E-state index < -0.39 is 15.8 Å². The number of amides is 1. The lowest BCUT2D eigenvalue weighted by atomic mass is 10.2. The molecule has 2 fully saturated rings. The van der Waals surface area contributed by atoms with Gasteiger partial charge in [0.25, 0.3) is 5.91 Å². The maximum Gasteiger partial charge on any atom is 0.255 e. The first-order chi connectivity index (χ1) is 15.4. The molecule has 2 aliphatic heterocycles. The summed E-state index contributed by atoms with van der Waals surface area (Å²) in [5.41, 5.74) is 0.644. The van der Waals surface area contributed by atoms with Crippen LogP contribution in [-0.2, 0) is 14.8 Å². The summed E-state index contributed by atoms with van der Waals surface area (Å²) in [5.74, 6) is 0.252. The highest BCUT2D eigenvalue weighted by molar-refractivity contribution is 7.99. The number of rotatable bonds is 6. The second-order valence-corrected chi connectivity index (χ2v) is 10.9. The summed E-state index contributed by atoms with van der Waals surface area (Å²) < 4.78 is 46.2. The van der Waals surface area contributed by atoms with E-state index in [0.717, 1.165) is 42.2 Å². The fourth-order valence-electron chi connectivity index (χ4n) is 3.99. The largest absolute Gasteiger partial charge is 0.377 e. The van der Waals surface area contributed by atoms with Gasteiger partial charge in [0.1, 0.15) is 5.82 Å². The maximum atomic E-state index is 13.3. The van der Waals surface area contributed by atoms with Crippen LogP contribution in [0.15, 0.2) is 58.3 Å². The molecule has 2 aliphatic rings. The monoisotopic (exact) mass is 478 g/mol. The molecule has 1 amide bonds. The molecule has 2 aromatic carbocycles. The Morgan fingerprint density at radius 3 is 2.56 bits per heavy atom. The van der Waals surface area contributed by atoms with Crippen molar-refractivity contribution < 1.29 is 22.3 Å². The molecule has 0 N–H and O–H groups in total. The van der Waals surface area contributed by atoms with Crippen molar-refractivity contribution in [2.75, 3.05) is 38.5 Å². The second-order valence-electron chi connectivity index (χ2n) is 7.95. The van der Waals surface area contributed by atoms with E-state index in [-0.39, 0.29) is 23.5 Å². The molecule has 0 spiro atoms. The third-order valence-corrected chi connectivity index (χ3v) is 8.88. The Kier molecular flexibility index (Phi) is 7.50. The molecule has 4 rings (SSSR count). The lowest BCUT2D eigenvalue weighted by Gasteiger charge is -2.23. The van der Waals surface area contributed by atoms with Gasteiger partial charge >= 0.3 is 0 Å². The Hall–Kier alpha value is -1.94. The summed E-state index contributed by atoms with van der Waals surface area (Å²) in [7, 11) is -3.73. The Bertz CT molecular complexity index is 1040. The fraction of sp³-hybridized carbons (Fsp3) is 0.435. The number of benzene rings is 2. The first-order valence-corrected chi connectivity index (χ1v) is 13.3. The van der Waals surface area contributed by atoms with E-state index in [9.17, 15) is 17.6 Å². The number of carbonyl (C=O) groups excluding carboxylic acids is 1. The molecule has 0 bridgehead atoms. The molecule has 0 saturated carbocycles. The van der Waals surface area contributed by atoms with Gasteiger partial charge in [0.05, 0.1) is 16.6 Å². The van der Waals surface area contributed by atoms with Crippen molar-refractivity contribution in [3.05, 3.63) is 59.9 Å². The standard InChI is InChI=1S/C23H27FN2O4S2/c24-18-8-10-20(11-9-18)32(28,29)26-13-4-12-25(14-15-26)23(27)21-6-1-2-7-22(21)31-17-19-5-3-16-30-19/h1-2,6-11,19H,3-5,12-17H2. The van der Waals surface area contributed by atoms with Crippen LogP contribution in [0.2, 0.25) is 0 Å². The Balaban J connectivity index is 1.43. The van der Waals surface area contributed by atoms with Crippen molar-refractivity contribution in [1.82, 2.24) is 9.21 Å². The normalized spacial score (nSPS) is 20.3. The molecule has 2 heterocycles. The van der Waals surface area contributed by atoms with Crippen molar-refractivity contribution >= 4 is 27.7 Å². The van der Waals surface area contributed by atoms with E-state index in [1.165, 1.54) is 16.4 Å². The molecule has 32 heavy (non-hydrogen) atoms. The molecular formula is C23H27FN2O4S2. The van der Waals surface area contributed by atoms with Crippen molar-refractivity contribution in [3.8, 4) is 0 Å². The molecule has 2 saturated heterocycles. The van der Waals surface area contributed by atoms with E-state index in [2.05, 4.69) is 0 Å². The highest BCUT2D eigenvalue weighted by atomic mass is 32.2. The number of ether oxygens (including phenoxy) is 1. The van der Waals surface area contributed by atoms with Gasteiger partial charge in [0.15, 0.2) is 0 Å². The SMILES string of the molecule is O=C(c1ccccc1SCC1CCCO1)N1CCCN(S(=O)(=O)c2ccc(F)cc2)CC1. The van der Waals surface area contributed by atoms with Gasteiger partial charge < -0.3 is 9.64 Å². The predicted molar refractivity (Wildman–Crippen MR) is 122 cm³/mol. The van der Waals surface area contributed by atoms with E-state index in [4.69, 9.17) is 4.74 Å². The summed E-state index contributed by atoms with van der Waals surface area (Å²) in [5, 5.41) is 0. The average Bonchev–Trinajstić information content (AvgIpc) is 3.19. The van der Waals surface area contributed by atoms with Gasteiger partial charge in [0.2, 0.25) is 10.0 Å². The molecule has 2 aromatic rings. The molecule has 1 unspecified atom stereocenters. The smallest absolute Gasteiger partial charge is 0.255 e. The Morgan fingerprint density at radius 1 is 1.03 bits per heavy atom. The zero-order valence-electron chi connectivity index (χ0n) is 17.8. The van der Waals surface area contributed by atoms with Gasteiger partial charge in [-0.1, -0.05) is 12.1 Å². The summed E-state index contributed by atoms with van der Waals surface area (Å²) in [6.45, 7) is 2.12. The topological polar surface area (TPSA) is 66.9 Å². The van der Waals surface area contributed by atoms with Crippen LogP contribution >= 0.6 is 11.8 Å². The van der Waals surface area contributed by atoms with Crippen LogP contribution in [0.1, 0.15) is 29.6 Å². The minimum Gasteiger partial charge on any atom is -0.377 e. The Labute approximate surface area is 192 Å². The van der Waals surface area contributed by atoms with Gasteiger partial charge in [-0.15, -0.1) is 11.8 Å². The maximum absolute atomic E-state index is 13.3. The van der Waals surface area contributed by atoms with Gasteiger partial charge in [-0.3, -0.25) is 4.79 Å². The zero-order chi connectivity index (χ0) is 22.6. The third kappa shape index (κ3) is 5.33. The van der Waals surface area contributed by atoms with Crippen LogP contribution in [0.4, 0.5) is 4.39 Å². The minimum absolute atomic E-state index is 0.0644. The van der Waals surface area contributed by atoms with Crippen LogP contribution < -0.4 is 0 Å². The quantitative estimate of drug-likeness (QED) is 0.593. The highest BCUT2D eigenvalue weighted by Crippen LogP contribution is 2.28. The number of halogens is 1. The third-order valence-electron chi connectivity index (χ3n) is 5.76. The number of sulfonamides is 1. The molecule has 0 aromatic heterocycles. The van der Waals surface area contributed by atoms with Crippen LogP contribution in [0, 0.1) is 5.82 Å². The fourth-order valence-corrected chi connectivity index (χ4v) is 6.57. The molecule has 172 valence electrons. The number of thioether (sulfide) groups is 1. The molecular weight excluding hydrogens is 451 g/mol. The van der Waals surface area contributed by atoms with Crippen molar-refractivity contribution in [2.24, 2.45) is 0 Å². The van der Waals surface area contributed by atoms with Crippen LogP contribution in [0.3, 0.4) is 0 Å². The van der Waals surface area contributed by atoms with Crippen molar-refractivity contribution in [2.45, 2.75) is 35.2 Å². The summed E-state index contributed by atoms with van der Waals surface area (Å²) in [6, 6.07) is 12.4. The van der Waals surface area contributed by atoms with E-state index >= 15 is 0 Å². The second kappa shape index (κ2) is 10.3. The number of hydrogen-bond donors (Lipinski definition) is 0. The Morgan fingerprint density at radius 2 is 1.81 bits per heavy atom. The number of nitrogens with zero attached hydrogens (tertiary/aromatic N) is 2. The summed E-state index contributed by atoms with van der Waals surface area (Å²) in [4.78, 5) is 16.0. The van der Waals surface area contributed by atoms with E-state index in [1.54, 1.807) is 16.7 Å². The number of carbonyl (C=O) groups is 1. The predicted octanol–water partition coefficient (Wildman–Crippen LogP) is 3.63. The molecule has 0 radical (unpaired) electrons. The van der Waals surface area contributed by atoms with Crippen LogP contribution in [0.5, 0.6) is 0 Å². The number of hydrogen-bond acceptors (Lipinski definition) is 5. The first-order valence-electron chi connectivity index (χ1n) is 10.8. The molecule has 1 atom stereocenters. The van der Waals surface area contributed by atoms with Gasteiger partial charge in [-0.05, 0) is 55.7 Å². The lowest BCUT2D eigenvalue weighted by molar-refractivity contribution is 0.0760. The highest BCUT2D eigenvalue weighted by Gasteiger charge is 2.29. The van der Waals surface area contributed by atoms with E-state index in [1.807, 2.05) is 24.3 Å². The van der Waals surface area contributed by atoms with Gasteiger partial charge in [-0.2, -0.15) is 4.31 Å². The van der Waals surface area contributed by atoms with Crippen LogP contribution in [-0.4, -0.2) is 68.2 Å². The molecule has 9 heteroatoms. The zero-order valence-corrected chi connectivity index (χ0v) is 19.4. The van der Waals surface area contributed by atoms with Gasteiger partial charge in [0, 0.05) is 43.4 Å².